The van der Waals surface area contributed by atoms with Crippen molar-refractivity contribution in [3.63, 3.8) is 0 Å². The van der Waals surface area contributed by atoms with Gasteiger partial charge >= 0.3 is 5.97 Å². The molecular formula is C19H23BrN2O4. The third-order valence-electron chi connectivity index (χ3n) is 5.28. The molecule has 3 rings (SSSR count). The molecule has 0 spiro atoms. The van der Waals surface area contributed by atoms with Gasteiger partial charge in [0.15, 0.2) is 0 Å². The molecule has 2 aliphatic rings. The van der Waals surface area contributed by atoms with Crippen molar-refractivity contribution in [2.24, 2.45) is 5.92 Å². The van der Waals surface area contributed by atoms with Gasteiger partial charge in [-0.25, -0.2) is 4.79 Å². The molecular weight excluding hydrogens is 400 g/mol. The molecule has 1 N–H and O–H groups in total. The number of esters is 1. The minimum absolute atomic E-state index is 0.0803. The smallest absolute Gasteiger partial charge is 0.331 e. The lowest BCUT2D eigenvalue weighted by atomic mass is 9.81. The van der Waals surface area contributed by atoms with E-state index in [-0.39, 0.29) is 24.2 Å². The van der Waals surface area contributed by atoms with Crippen LogP contribution in [-0.4, -0.2) is 37.0 Å². The van der Waals surface area contributed by atoms with E-state index in [1.54, 1.807) is 4.90 Å². The summed E-state index contributed by atoms with van der Waals surface area (Å²) in [5.41, 5.74) is -0.174. The first-order valence-electron chi connectivity index (χ1n) is 8.91. The monoisotopic (exact) mass is 422 g/mol. The van der Waals surface area contributed by atoms with Gasteiger partial charge in [-0.05, 0) is 37.1 Å². The Balaban J connectivity index is 1.71. The predicted octanol–water partition coefficient (Wildman–Crippen LogP) is 2.79. The molecule has 0 bridgehead atoms. The lowest BCUT2D eigenvalue weighted by Crippen LogP contribution is -2.57. The average Bonchev–Trinajstić information content (AvgIpc) is 3.04. The maximum absolute atomic E-state index is 12.8. The minimum Gasteiger partial charge on any atom is -0.467 e. The maximum Gasteiger partial charge on any atom is 0.331 e. The largest absolute Gasteiger partial charge is 0.467 e. The molecule has 1 unspecified atom stereocenters. The van der Waals surface area contributed by atoms with E-state index in [0.717, 1.165) is 29.4 Å². The van der Waals surface area contributed by atoms with Gasteiger partial charge in [0.05, 0.1) is 13.0 Å². The van der Waals surface area contributed by atoms with Crippen LogP contribution >= 0.6 is 15.9 Å². The summed E-state index contributed by atoms with van der Waals surface area (Å²) in [7, 11) is 1.35. The number of nitrogens with one attached hydrogen (secondary N) is 1. The molecule has 1 aromatic rings. The van der Waals surface area contributed by atoms with Gasteiger partial charge in [0.2, 0.25) is 11.8 Å². The van der Waals surface area contributed by atoms with Gasteiger partial charge in [0, 0.05) is 23.1 Å². The van der Waals surface area contributed by atoms with E-state index in [0.29, 0.717) is 19.4 Å². The highest BCUT2D eigenvalue weighted by Crippen LogP contribution is 2.31. The summed E-state index contributed by atoms with van der Waals surface area (Å²) in [6, 6.07) is 7.42. The number of rotatable bonds is 4. The Morgan fingerprint density at radius 1 is 1.19 bits per heavy atom. The van der Waals surface area contributed by atoms with E-state index >= 15 is 0 Å². The second-order valence-corrected chi connectivity index (χ2v) is 7.92. The number of ether oxygens (including phenoxy) is 1. The Bertz CT molecular complexity index is 698. The van der Waals surface area contributed by atoms with Gasteiger partial charge < -0.3 is 15.0 Å². The van der Waals surface area contributed by atoms with Crippen LogP contribution in [0.5, 0.6) is 0 Å². The van der Waals surface area contributed by atoms with Crippen LogP contribution in [-0.2, 0) is 19.1 Å². The number of hydrogen-bond acceptors (Lipinski definition) is 4. The lowest BCUT2D eigenvalue weighted by Gasteiger charge is -2.35. The van der Waals surface area contributed by atoms with Crippen molar-refractivity contribution in [3.8, 4) is 0 Å². The average molecular weight is 423 g/mol. The topological polar surface area (TPSA) is 75.7 Å². The molecule has 0 radical (unpaired) electrons. The maximum atomic E-state index is 12.8. The molecule has 1 saturated carbocycles. The van der Waals surface area contributed by atoms with Crippen molar-refractivity contribution in [2.75, 3.05) is 18.6 Å². The van der Waals surface area contributed by atoms with E-state index in [2.05, 4.69) is 21.2 Å². The van der Waals surface area contributed by atoms with Crippen molar-refractivity contribution in [1.82, 2.24) is 5.32 Å². The fourth-order valence-electron chi connectivity index (χ4n) is 3.82. The first kappa shape index (κ1) is 18.9. The molecule has 2 fully saturated rings. The van der Waals surface area contributed by atoms with Crippen LogP contribution in [0.1, 0.15) is 38.5 Å². The fourth-order valence-corrected chi connectivity index (χ4v) is 4.09. The zero-order chi connectivity index (χ0) is 18.7. The molecule has 1 aromatic carbocycles. The summed E-state index contributed by atoms with van der Waals surface area (Å²) >= 11 is 3.37. The number of halogens is 1. The summed E-state index contributed by atoms with van der Waals surface area (Å²) in [4.78, 5) is 39.1. The van der Waals surface area contributed by atoms with Crippen LogP contribution in [0.4, 0.5) is 5.69 Å². The standard InChI is InChI=1S/C19H23BrN2O4/c1-26-18(25)19(9-3-2-4-10-19)21-17(24)13-11-16(23)22(12-13)15-7-5-14(20)6-8-15/h5-8,13H,2-4,9-12H2,1H3,(H,21,24). The van der Waals surface area contributed by atoms with Gasteiger partial charge in [0.1, 0.15) is 5.54 Å². The first-order chi connectivity index (χ1) is 12.4. The SMILES string of the molecule is COC(=O)C1(NC(=O)C2CC(=O)N(c3ccc(Br)cc3)C2)CCCCC1. The van der Waals surface area contributed by atoms with Gasteiger partial charge in [-0.2, -0.15) is 0 Å². The zero-order valence-corrected chi connectivity index (χ0v) is 16.4. The zero-order valence-electron chi connectivity index (χ0n) is 14.8. The van der Waals surface area contributed by atoms with Crippen LogP contribution < -0.4 is 10.2 Å². The molecule has 1 aliphatic heterocycles. The van der Waals surface area contributed by atoms with E-state index in [4.69, 9.17) is 4.74 Å². The molecule has 1 atom stereocenters. The van der Waals surface area contributed by atoms with E-state index in [1.165, 1.54) is 7.11 Å². The number of anilines is 1. The summed E-state index contributed by atoms with van der Waals surface area (Å²) in [6.45, 7) is 0.323. The third kappa shape index (κ3) is 3.77. The quantitative estimate of drug-likeness (QED) is 0.756. The molecule has 1 aliphatic carbocycles. The fraction of sp³-hybridized carbons (Fsp3) is 0.526. The van der Waals surface area contributed by atoms with Gasteiger partial charge in [-0.15, -0.1) is 0 Å². The molecule has 26 heavy (non-hydrogen) atoms. The van der Waals surface area contributed by atoms with Gasteiger partial charge in [-0.1, -0.05) is 35.2 Å². The second kappa shape index (κ2) is 7.78. The Kier molecular flexibility index (Phi) is 5.65. The molecule has 0 aromatic heterocycles. The Labute approximate surface area is 161 Å². The summed E-state index contributed by atoms with van der Waals surface area (Å²) in [5.74, 6) is -1.18. The predicted molar refractivity (Wildman–Crippen MR) is 101 cm³/mol. The Hall–Kier alpha value is -1.89. The van der Waals surface area contributed by atoms with Crippen LogP contribution in [0.2, 0.25) is 0 Å². The second-order valence-electron chi connectivity index (χ2n) is 7.01. The molecule has 140 valence electrons. The summed E-state index contributed by atoms with van der Waals surface area (Å²) in [5, 5.41) is 2.93. The van der Waals surface area contributed by atoms with Crippen molar-refractivity contribution in [2.45, 2.75) is 44.1 Å². The lowest BCUT2D eigenvalue weighted by molar-refractivity contribution is -0.153. The number of carbonyl (C=O) groups excluding carboxylic acids is 3. The highest BCUT2D eigenvalue weighted by molar-refractivity contribution is 9.10. The summed E-state index contributed by atoms with van der Waals surface area (Å²) in [6.07, 6.45) is 4.13. The van der Waals surface area contributed by atoms with E-state index in [1.807, 2.05) is 24.3 Å². The van der Waals surface area contributed by atoms with Crippen LogP contribution in [0.15, 0.2) is 28.7 Å². The highest BCUT2D eigenvalue weighted by Gasteiger charge is 2.44. The van der Waals surface area contributed by atoms with Crippen LogP contribution in [0.25, 0.3) is 0 Å². The van der Waals surface area contributed by atoms with Crippen LogP contribution in [0, 0.1) is 5.92 Å². The minimum atomic E-state index is -0.946. The molecule has 6 nitrogen and oxygen atoms in total. The molecule has 2 amide bonds. The van der Waals surface area contributed by atoms with E-state index < -0.39 is 11.5 Å². The number of amides is 2. The summed E-state index contributed by atoms with van der Waals surface area (Å²) < 4.78 is 5.87. The number of nitrogens with zero attached hydrogens (tertiary/aromatic N) is 1. The van der Waals surface area contributed by atoms with Gasteiger partial charge in [-0.3, -0.25) is 9.59 Å². The van der Waals surface area contributed by atoms with Crippen molar-refractivity contribution >= 4 is 39.4 Å². The number of benzene rings is 1. The Morgan fingerprint density at radius 3 is 2.46 bits per heavy atom. The highest BCUT2D eigenvalue weighted by atomic mass is 79.9. The molecule has 7 heteroatoms. The van der Waals surface area contributed by atoms with Crippen LogP contribution in [0.3, 0.4) is 0 Å². The van der Waals surface area contributed by atoms with Crippen molar-refractivity contribution in [3.05, 3.63) is 28.7 Å². The number of carbonyl (C=O) groups is 3. The normalized spacial score (nSPS) is 22.2. The molecule has 1 saturated heterocycles. The number of methoxy groups -OCH3 is 1. The van der Waals surface area contributed by atoms with E-state index in [9.17, 15) is 14.4 Å². The third-order valence-corrected chi connectivity index (χ3v) is 5.81. The number of hydrogen-bond donors (Lipinski definition) is 1. The van der Waals surface area contributed by atoms with Gasteiger partial charge in [0.25, 0.3) is 0 Å². The van der Waals surface area contributed by atoms with Crippen molar-refractivity contribution < 1.29 is 19.1 Å². The first-order valence-corrected chi connectivity index (χ1v) is 9.71. The Morgan fingerprint density at radius 2 is 1.85 bits per heavy atom. The molecule has 1 heterocycles. The van der Waals surface area contributed by atoms with Crippen molar-refractivity contribution in [1.29, 1.82) is 0 Å².